The second-order valence-electron chi connectivity index (χ2n) is 5.35. The fourth-order valence-corrected chi connectivity index (χ4v) is 3.23. The Labute approximate surface area is 128 Å². The maximum absolute atomic E-state index is 12.4. The Bertz CT molecular complexity index is 512. The molecule has 0 aliphatic rings. The van der Waals surface area contributed by atoms with E-state index in [0.29, 0.717) is 6.61 Å². The van der Waals surface area contributed by atoms with Crippen molar-refractivity contribution in [1.82, 2.24) is 10.0 Å². The van der Waals surface area contributed by atoms with Crippen LogP contribution < -0.4 is 10.0 Å². The molecule has 6 heteroatoms. The molecule has 1 atom stereocenters. The first kappa shape index (κ1) is 18.1. The van der Waals surface area contributed by atoms with Crippen LogP contribution in [0.5, 0.6) is 0 Å². The van der Waals surface area contributed by atoms with Crippen molar-refractivity contribution in [2.75, 3.05) is 20.3 Å². The Morgan fingerprint density at radius 3 is 2.29 bits per heavy atom. The van der Waals surface area contributed by atoms with Gasteiger partial charge in [0.2, 0.25) is 10.0 Å². The predicted molar refractivity (Wildman–Crippen MR) is 84.6 cm³/mol. The van der Waals surface area contributed by atoms with E-state index in [9.17, 15) is 8.42 Å². The first-order valence-corrected chi connectivity index (χ1v) is 8.70. The van der Waals surface area contributed by atoms with Gasteiger partial charge in [-0.3, -0.25) is 0 Å². The van der Waals surface area contributed by atoms with Crippen LogP contribution in [0.15, 0.2) is 29.2 Å². The molecule has 0 aliphatic carbocycles. The highest BCUT2D eigenvalue weighted by Crippen LogP contribution is 2.13. The zero-order valence-electron chi connectivity index (χ0n) is 13.2. The van der Waals surface area contributed by atoms with Gasteiger partial charge in [0.25, 0.3) is 0 Å². The zero-order chi connectivity index (χ0) is 15.9. The van der Waals surface area contributed by atoms with Crippen LogP contribution in [0, 0.1) is 5.92 Å². The average molecular weight is 314 g/mol. The zero-order valence-corrected chi connectivity index (χ0v) is 14.0. The van der Waals surface area contributed by atoms with E-state index in [1.807, 2.05) is 32.9 Å². The molecule has 0 aliphatic heterocycles. The van der Waals surface area contributed by atoms with Gasteiger partial charge in [0, 0.05) is 19.7 Å². The molecule has 0 radical (unpaired) electrons. The van der Waals surface area contributed by atoms with Crippen molar-refractivity contribution in [3.63, 3.8) is 0 Å². The highest BCUT2D eigenvalue weighted by atomic mass is 32.2. The number of rotatable bonds is 9. The fourth-order valence-electron chi connectivity index (χ4n) is 1.87. The molecule has 0 fully saturated rings. The first-order chi connectivity index (χ1) is 9.90. The molecule has 0 heterocycles. The second-order valence-corrected chi connectivity index (χ2v) is 7.07. The van der Waals surface area contributed by atoms with Crippen LogP contribution in [-0.4, -0.2) is 34.7 Å². The van der Waals surface area contributed by atoms with Gasteiger partial charge in [-0.15, -0.1) is 0 Å². The fraction of sp³-hybridized carbons (Fsp3) is 0.600. The Morgan fingerprint density at radius 2 is 1.81 bits per heavy atom. The number of methoxy groups -OCH3 is 1. The molecule has 0 amide bonds. The lowest BCUT2D eigenvalue weighted by Crippen LogP contribution is -2.41. The molecule has 1 rings (SSSR count). The van der Waals surface area contributed by atoms with Gasteiger partial charge in [0.1, 0.15) is 0 Å². The summed E-state index contributed by atoms with van der Waals surface area (Å²) in [5.41, 5.74) is 1.06. The minimum absolute atomic E-state index is 0.160. The van der Waals surface area contributed by atoms with Gasteiger partial charge >= 0.3 is 0 Å². The summed E-state index contributed by atoms with van der Waals surface area (Å²) in [6, 6.07) is 6.70. The van der Waals surface area contributed by atoms with E-state index >= 15 is 0 Å². The third kappa shape index (κ3) is 5.74. The SMILES string of the molecule is CCNCc1ccc(S(=O)(=O)NC(COC)C(C)C)cc1. The average Bonchev–Trinajstić information content (AvgIpc) is 2.45. The molecule has 120 valence electrons. The van der Waals surface area contributed by atoms with Crippen LogP contribution in [0.2, 0.25) is 0 Å². The molecule has 1 aromatic carbocycles. The van der Waals surface area contributed by atoms with Crippen molar-refractivity contribution in [1.29, 1.82) is 0 Å². The van der Waals surface area contributed by atoms with E-state index in [0.717, 1.165) is 18.7 Å². The van der Waals surface area contributed by atoms with Crippen LogP contribution in [0.3, 0.4) is 0 Å². The summed E-state index contributed by atoms with van der Waals surface area (Å²) < 4.78 is 32.5. The van der Waals surface area contributed by atoms with E-state index in [2.05, 4.69) is 10.0 Å². The minimum Gasteiger partial charge on any atom is -0.383 e. The maximum Gasteiger partial charge on any atom is 0.240 e. The van der Waals surface area contributed by atoms with Crippen molar-refractivity contribution in [2.45, 2.75) is 38.3 Å². The topological polar surface area (TPSA) is 67.4 Å². The van der Waals surface area contributed by atoms with Gasteiger partial charge in [0.05, 0.1) is 11.5 Å². The van der Waals surface area contributed by atoms with Crippen molar-refractivity contribution in [2.24, 2.45) is 5.92 Å². The molecule has 0 saturated carbocycles. The van der Waals surface area contributed by atoms with Gasteiger partial charge in [-0.25, -0.2) is 13.1 Å². The molecule has 21 heavy (non-hydrogen) atoms. The van der Waals surface area contributed by atoms with Crippen LogP contribution in [0.25, 0.3) is 0 Å². The van der Waals surface area contributed by atoms with Crippen molar-refractivity contribution in [3.05, 3.63) is 29.8 Å². The van der Waals surface area contributed by atoms with Gasteiger partial charge < -0.3 is 10.1 Å². The molecule has 0 bridgehead atoms. The van der Waals surface area contributed by atoms with Crippen LogP contribution in [0.4, 0.5) is 0 Å². The largest absolute Gasteiger partial charge is 0.383 e. The van der Waals surface area contributed by atoms with Crippen molar-refractivity contribution in [3.8, 4) is 0 Å². The minimum atomic E-state index is -3.51. The quantitative estimate of drug-likeness (QED) is 0.729. The predicted octanol–water partition coefficient (Wildman–Crippen LogP) is 1.75. The Morgan fingerprint density at radius 1 is 1.19 bits per heavy atom. The number of sulfonamides is 1. The number of benzene rings is 1. The lowest BCUT2D eigenvalue weighted by Gasteiger charge is -2.21. The summed E-state index contributed by atoms with van der Waals surface area (Å²) >= 11 is 0. The first-order valence-electron chi connectivity index (χ1n) is 7.21. The summed E-state index contributed by atoms with van der Waals surface area (Å²) in [6.07, 6.45) is 0. The van der Waals surface area contributed by atoms with Crippen LogP contribution in [-0.2, 0) is 21.3 Å². The summed E-state index contributed by atoms with van der Waals surface area (Å²) in [5, 5.41) is 3.21. The monoisotopic (exact) mass is 314 g/mol. The summed E-state index contributed by atoms with van der Waals surface area (Å²) in [6.45, 7) is 7.94. The number of hydrogen-bond acceptors (Lipinski definition) is 4. The van der Waals surface area contributed by atoms with Crippen molar-refractivity contribution >= 4 is 10.0 Å². The molecule has 1 unspecified atom stereocenters. The summed E-state index contributed by atoms with van der Waals surface area (Å²) in [4.78, 5) is 0.282. The second kappa shape index (κ2) is 8.48. The Hall–Kier alpha value is -0.950. The maximum atomic E-state index is 12.4. The highest BCUT2D eigenvalue weighted by Gasteiger charge is 2.22. The van der Waals surface area contributed by atoms with Crippen LogP contribution >= 0.6 is 0 Å². The Kier molecular flexibility index (Phi) is 7.31. The lowest BCUT2D eigenvalue weighted by molar-refractivity contribution is 0.157. The normalized spacial score (nSPS) is 13.6. The van der Waals surface area contributed by atoms with E-state index in [4.69, 9.17) is 4.74 Å². The molecule has 5 nitrogen and oxygen atoms in total. The standard InChI is InChI=1S/C15H26N2O3S/c1-5-16-10-13-6-8-14(9-7-13)21(18,19)17-15(11-20-4)12(2)3/h6-9,12,15-17H,5,10-11H2,1-4H3. The lowest BCUT2D eigenvalue weighted by atomic mass is 10.1. The van der Waals surface area contributed by atoms with E-state index < -0.39 is 10.0 Å². The molecule has 2 N–H and O–H groups in total. The summed E-state index contributed by atoms with van der Waals surface area (Å²) in [5.74, 6) is 0.160. The van der Waals surface area contributed by atoms with Gasteiger partial charge in [-0.2, -0.15) is 0 Å². The summed E-state index contributed by atoms with van der Waals surface area (Å²) in [7, 11) is -1.95. The Balaban J connectivity index is 2.81. The third-order valence-corrected chi connectivity index (χ3v) is 4.78. The molecular formula is C15H26N2O3S. The van der Waals surface area contributed by atoms with E-state index in [1.165, 1.54) is 0 Å². The van der Waals surface area contributed by atoms with Gasteiger partial charge in [-0.05, 0) is 30.2 Å². The smallest absolute Gasteiger partial charge is 0.240 e. The van der Waals surface area contributed by atoms with Crippen LogP contribution in [0.1, 0.15) is 26.3 Å². The number of nitrogens with one attached hydrogen (secondary N) is 2. The van der Waals surface area contributed by atoms with E-state index in [-0.39, 0.29) is 16.9 Å². The number of hydrogen-bond donors (Lipinski definition) is 2. The number of ether oxygens (including phenoxy) is 1. The molecule has 0 spiro atoms. The molecular weight excluding hydrogens is 288 g/mol. The van der Waals surface area contributed by atoms with Crippen molar-refractivity contribution < 1.29 is 13.2 Å². The molecule has 0 saturated heterocycles. The van der Waals surface area contributed by atoms with Gasteiger partial charge in [0.15, 0.2) is 0 Å². The molecule has 0 aromatic heterocycles. The van der Waals surface area contributed by atoms with Gasteiger partial charge in [-0.1, -0.05) is 32.9 Å². The molecule has 1 aromatic rings. The third-order valence-electron chi connectivity index (χ3n) is 3.27. The van der Waals surface area contributed by atoms with E-state index in [1.54, 1.807) is 19.2 Å². The highest BCUT2D eigenvalue weighted by molar-refractivity contribution is 7.89.